The minimum absolute atomic E-state index is 0.179. The van der Waals surface area contributed by atoms with Crippen LogP contribution in [0.25, 0.3) is 0 Å². The number of nitrogens with zero attached hydrogens (tertiary/aromatic N) is 2. The first kappa shape index (κ1) is 20.1. The maximum atomic E-state index is 12.2. The second kappa shape index (κ2) is 8.43. The molecule has 5 heteroatoms. The van der Waals surface area contributed by atoms with Gasteiger partial charge in [-0.25, -0.2) is 4.79 Å². The van der Waals surface area contributed by atoms with Gasteiger partial charge < -0.3 is 14.5 Å². The van der Waals surface area contributed by atoms with Crippen LogP contribution in [-0.2, 0) is 11.2 Å². The van der Waals surface area contributed by atoms with Crippen LogP contribution in [0.5, 0.6) is 0 Å². The number of rotatable bonds is 1. The number of halogens is 1. The molecular weight excluding hydrogens is 380 g/mol. The number of carbonyl (C=O) groups excluding carboxylic acids is 1. The molecule has 0 N–H and O–H groups in total. The monoisotopic (exact) mass is 410 g/mol. The number of hydrogen-bond donors (Lipinski definition) is 0. The lowest BCUT2D eigenvalue weighted by atomic mass is 10.0. The Labute approximate surface area is 160 Å². The molecule has 2 aliphatic rings. The average Bonchev–Trinajstić information content (AvgIpc) is 2.98. The van der Waals surface area contributed by atoms with Crippen LogP contribution in [0.2, 0.25) is 0 Å². The van der Waals surface area contributed by atoms with Crippen LogP contribution in [0.3, 0.4) is 0 Å². The molecule has 0 aliphatic carbocycles. The summed E-state index contributed by atoms with van der Waals surface area (Å²) in [6, 6.07) is 7.08. The number of carbonyl (C=O) groups is 1. The summed E-state index contributed by atoms with van der Waals surface area (Å²) in [6.07, 6.45) is 2.95. The lowest BCUT2D eigenvalue weighted by molar-refractivity contribution is 0.0205. The highest BCUT2D eigenvalue weighted by molar-refractivity contribution is 9.10. The van der Waals surface area contributed by atoms with Gasteiger partial charge in [-0.05, 0) is 63.8 Å². The standard InChI is InChI=1S/C18H25BrN2O2.C2H6/c1-18(2,3)23-17(22)20-9-7-15(8-10-20)21-11-6-13-12-14(19)4-5-16(13)21;1-2/h4-5,12,15H,6-11H2,1-3H3;1-2H3. The second-order valence-corrected chi connectivity index (χ2v) is 8.33. The molecule has 140 valence electrons. The van der Waals surface area contributed by atoms with E-state index in [-0.39, 0.29) is 6.09 Å². The number of piperidine rings is 1. The number of hydrogen-bond acceptors (Lipinski definition) is 3. The molecule has 2 aliphatic heterocycles. The first-order valence-corrected chi connectivity index (χ1v) is 10.2. The highest BCUT2D eigenvalue weighted by Crippen LogP contribution is 2.34. The molecule has 0 spiro atoms. The van der Waals surface area contributed by atoms with E-state index in [0.717, 1.165) is 43.4 Å². The number of ether oxygens (including phenoxy) is 1. The van der Waals surface area contributed by atoms with Gasteiger partial charge in [0.1, 0.15) is 5.60 Å². The van der Waals surface area contributed by atoms with Gasteiger partial charge in [-0.1, -0.05) is 29.8 Å². The molecule has 0 radical (unpaired) electrons. The van der Waals surface area contributed by atoms with Crippen LogP contribution >= 0.6 is 15.9 Å². The maximum absolute atomic E-state index is 12.2. The summed E-state index contributed by atoms with van der Waals surface area (Å²) >= 11 is 3.55. The molecule has 1 saturated heterocycles. The molecule has 1 amide bonds. The smallest absolute Gasteiger partial charge is 0.410 e. The zero-order valence-corrected chi connectivity index (χ0v) is 17.7. The molecule has 1 fully saturated rings. The summed E-state index contributed by atoms with van der Waals surface area (Å²) in [5.41, 5.74) is 2.37. The van der Waals surface area contributed by atoms with Gasteiger partial charge >= 0.3 is 6.09 Å². The summed E-state index contributed by atoms with van der Waals surface area (Å²) in [5.74, 6) is 0. The largest absolute Gasteiger partial charge is 0.444 e. The normalized spacial score (nSPS) is 17.7. The maximum Gasteiger partial charge on any atom is 0.410 e. The average molecular weight is 411 g/mol. The number of benzene rings is 1. The fourth-order valence-corrected chi connectivity index (χ4v) is 3.87. The molecule has 0 bridgehead atoms. The van der Waals surface area contributed by atoms with Crippen molar-refractivity contribution in [2.75, 3.05) is 24.5 Å². The van der Waals surface area contributed by atoms with Gasteiger partial charge in [0.2, 0.25) is 0 Å². The van der Waals surface area contributed by atoms with Crippen molar-refractivity contribution in [1.82, 2.24) is 4.90 Å². The van der Waals surface area contributed by atoms with E-state index in [9.17, 15) is 4.79 Å². The summed E-state index contributed by atoms with van der Waals surface area (Å²) in [7, 11) is 0. The highest BCUT2D eigenvalue weighted by Gasteiger charge is 2.32. The molecule has 3 rings (SSSR count). The molecule has 0 atom stereocenters. The zero-order valence-electron chi connectivity index (χ0n) is 16.1. The van der Waals surface area contributed by atoms with Crippen LogP contribution < -0.4 is 4.90 Å². The van der Waals surface area contributed by atoms with E-state index < -0.39 is 5.60 Å². The van der Waals surface area contributed by atoms with Crippen LogP contribution in [0.4, 0.5) is 10.5 Å². The SMILES string of the molecule is CC.CC(C)(C)OC(=O)N1CCC(N2CCc3cc(Br)ccc32)CC1. The van der Waals surface area contributed by atoms with Crippen molar-refractivity contribution < 1.29 is 9.53 Å². The molecule has 0 aromatic heterocycles. The minimum atomic E-state index is -0.421. The van der Waals surface area contributed by atoms with Crippen molar-refractivity contribution in [2.24, 2.45) is 0 Å². The summed E-state index contributed by atoms with van der Waals surface area (Å²) < 4.78 is 6.63. The Hall–Kier alpha value is -1.23. The van der Waals surface area contributed by atoms with Crippen molar-refractivity contribution in [1.29, 1.82) is 0 Å². The molecule has 4 nitrogen and oxygen atoms in total. The van der Waals surface area contributed by atoms with Crippen molar-refractivity contribution in [3.8, 4) is 0 Å². The van der Waals surface area contributed by atoms with Gasteiger partial charge in [-0.3, -0.25) is 0 Å². The van der Waals surface area contributed by atoms with Gasteiger partial charge in [0.15, 0.2) is 0 Å². The van der Waals surface area contributed by atoms with Gasteiger partial charge in [-0.2, -0.15) is 0 Å². The predicted octanol–water partition coefficient (Wildman–Crippen LogP) is 5.24. The number of amides is 1. The van der Waals surface area contributed by atoms with Crippen molar-refractivity contribution in [3.05, 3.63) is 28.2 Å². The van der Waals surface area contributed by atoms with E-state index in [1.54, 1.807) is 0 Å². The van der Waals surface area contributed by atoms with E-state index >= 15 is 0 Å². The Morgan fingerprint density at radius 2 is 1.80 bits per heavy atom. The van der Waals surface area contributed by atoms with Gasteiger partial charge in [-0.15, -0.1) is 0 Å². The van der Waals surface area contributed by atoms with E-state index in [4.69, 9.17) is 4.74 Å². The van der Waals surface area contributed by atoms with Crippen molar-refractivity contribution in [2.45, 2.75) is 65.5 Å². The Morgan fingerprint density at radius 3 is 2.40 bits per heavy atom. The van der Waals surface area contributed by atoms with E-state index in [0.29, 0.717) is 6.04 Å². The minimum Gasteiger partial charge on any atom is -0.444 e. The Bertz CT molecular complexity index is 590. The fourth-order valence-electron chi connectivity index (χ4n) is 3.46. The van der Waals surface area contributed by atoms with Gasteiger partial charge in [0.25, 0.3) is 0 Å². The Kier molecular flexibility index (Phi) is 6.78. The number of likely N-dealkylation sites (tertiary alicyclic amines) is 1. The van der Waals surface area contributed by atoms with Crippen LogP contribution in [0, 0.1) is 0 Å². The van der Waals surface area contributed by atoms with Crippen LogP contribution in [0.1, 0.15) is 53.0 Å². The Balaban J connectivity index is 0.00000109. The third-order valence-electron chi connectivity index (χ3n) is 4.53. The molecule has 1 aromatic carbocycles. The molecule has 25 heavy (non-hydrogen) atoms. The molecule has 2 heterocycles. The van der Waals surface area contributed by atoms with E-state index in [2.05, 4.69) is 39.0 Å². The predicted molar refractivity (Wildman–Crippen MR) is 107 cm³/mol. The summed E-state index contributed by atoms with van der Waals surface area (Å²) in [5, 5.41) is 0. The first-order chi connectivity index (χ1) is 11.8. The topological polar surface area (TPSA) is 32.8 Å². The zero-order chi connectivity index (χ0) is 18.6. The lowest BCUT2D eigenvalue weighted by Crippen LogP contribution is -2.47. The van der Waals surface area contributed by atoms with E-state index in [1.807, 2.05) is 39.5 Å². The third kappa shape index (κ3) is 5.13. The Morgan fingerprint density at radius 1 is 1.16 bits per heavy atom. The lowest BCUT2D eigenvalue weighted by Gasteiger charge is -2.38. The molecular formula is C20H31BrN2O2. The van der Waals surface area contributed by atoms with E-state index in [1.165, 1.54) is 11.3 Å². The summed E-state index contributed by atoms with van der Waals surface area (Å²) in [4.78, 5) is 16.5. The first-order valence-electron chi connectivity index (χ1n) is 9.36. The van der Waals surface area contributed by atoms with Crippen molar-refractivity contribution in [3.63, 3.8) is 0 Å². The quantitative estimate of drug-likeness (QED) is 0.634. The highest BCUT2D eigenvalue weighted by atomic mass is 79.9. The van der Waals surface area contributed by atoms with Gasteiger partial charge in [0, 0.05) is 35.8 Å². The number of fused-ring (bicyclic) bond motifs is 1. The summed E-state index contributed by atoms with van der Waals surface area (Å²) in [6.45, 7) is 12.4. The molecule has 1 aromatic rings. The molecule has 0 saturated carbocycles. The van der Waals surface area contributed by atoms with Crippen LogP contribution in [0.15, 0.2) is 22.7 Å². The van der Waals surface area contributed by atoms with Crippen LogP contribution in [-0.4, -0.2) is 42.3 Å². The molecule has 0 unspecified atom stereocenters. The second-order valence-electron chi connectivity index (χ2n) is 7.41. The fraction of sp³-hybridized carbons (Fsp3) is 0.650. The third-order valence-corrected chi connectivity index (χ3v) is 5.02. The van der Waals surface area contributed by atoms with Gasteiger partial charge in [0.05, 0.1) is 0 Å². The number of anilines is 1. The van der Waals surface area contributed by atoms with Crippen molar-refractivity contribution >= 4 is 27.7 Å².